The van der Waals surface area contributed by atoms with E-state index in [1.807, 2.05) is 0 Å². The number of sulfonamides is 1. The maximum atomic E-state index is 12.6. The largest absolute Gasteiger partial charge is 0.339 e. The number of thioether (sulfide) groups is 1. The monoisotopic (exact) mass is 432 g/mol. The highest BCUT2D eigenvalue weighted by atomic mass is 32.2. The van der Waals surface area contributed by atoms with Crippen molar-refractivity contribution in [2.75, 3.05) is 19.4 Å². The summed E-state index contributed by atoms with van der Waals surface area (Å²) in [6, 6.07) is 12.5. The fraction of sp³-hybridized carbons (Fsp3) is 0.211. The minimum Gasteiger partial charge on any atom is -0.339 e. The van der Waals surface area contributed by atoms with Crippen molar-refractivity contribution >= 4 is 44.5 Å². The van der Waals surface area contributed by atoms with Gasteiger partial charge in [-0.2, -0.15) is 0 Å². The molecule has 0 fully saturated rings. The average molecular weight is 433 g/mol. The van der Waals surface area contributed by atoms with Gasteiger partial charge in [0.2, 0.25) is 5.91 Å². The molecule has 0 radical (unpaired) electrons. The molecular formula is C19H20N4O4S2. The van der Waals surface area contributed by atoms with Crippen LogP contribution < -0.4 is 10.0 Å². The Morgan fingerprint density at radius 1 is 1.10 bits per heavy atom. The molecule has 2 N–H and O–H groups in total. The molecule has 2 aromatic rings. The van der Waals surface area contributed by atoms with Crippen LogP contribution in [0, 0.1) is 0 Å². The van der Waals surface area contributed by atoms with Gasteiger partial charge in [-0.1, -0.05) is 24.3 Å². The molecule has 0 saturated carbocycles. The predicted molar refractivity (Wildman–Crippen MR) is 113 cm³/mol. The number of nitrogens with zero attached hydrogens (tertiary/aromatic N) is 2. The third-order valence-corrected chi connectivity index (χ3v) is 6.59. The van der Waals surface area contributed by atoms with Gasteiger partial charge < -0.3 is 10.2 Å². The third-order valence-electron chi connectivity index (χ3n) is 4.07. The first-order chi connectivity index (χ1) is 13.7. The van der Waals surface area contributed by atoms with Gasteiger partial charge in [0.25, 0.3) is 15.3 Å². The van der Waals surface area contributed by atoms with Gasteiger partial charge in [0, 0.05) is 24.6 Å². The number of anilines is 1. The first-order valence-electron chi connectivity index (χ1n) is 8.68. The van der Waals surface area contributed by atoms with Gasteiger partial charge in [0.05, 0.1) is 10.6 Å². The van der Waals surface area contributed by atoms with E-state index in [0.29, 0.717) is 16.1 Å². The Kier molecular flexibility index (Phi) is 5.94. The van der Waals surface area contributed by atoms with E-state index in [0.717, 1.165) is 11.8 Å². The second-order valence-corrected chi connectivity index (χ2v) is 9.15. The fourth-order valence-electron chi connectivity index (χ4n) is 2.56. The Bertz CT molecular complexity index is 1100. The Hall–Kier alpha value is -2.85. The molecule has 1 aliphatic heterocycles. The summed E-state index contributed by atoms with van der Waals surface area (Å²) in [5.41, 5.74) is 0.914. The van der Waals surface area contributed by atoms with E-state index in [9.17, 15) is 18.0 Å². The summed E-state index contributed by atoms with van der Waals surface area (Å²) in [5, 5.41) is 2.59. The summed E-state index contributed by atoms with van der Waals surface area (Å²) in [4.78, 5) is 31.1. The maximum absolute atomic E-state index is 12.6. The quantitative estimate of drug-likeness (QED) is 0.722. The summed E-state index contributed by atoms with van der Waals surface area (Å²) in [6.45, 7) is 1.57. The van der Waals surface area contributed by atoms with E-state index in [-0.39, 0.29) is 16.0 Å². The molecular weight excluding hydrogens is 412 g/mol. The molecule has 29 heavy (non-hydrogen) atoms. The summed E-state index contributed by atoms with van der Waals surface area (Å²) in [5.74, 6) is -0.292. The molecule has 0 bridgehead atoms. The molecule has 0 spiro atoms. The SMILES string of the molecule is C[C@H](N=C1NS(=O)(=O)c2ccccc21)C(=O)Nc1ccccc1SC(=O)N(C)C. The smallest absolute Gasteiger partial charge is 0.286 e. The number of benzene rings is 2. The van der Waals surface area contributed by atoms with Crippen LogP contribution in [-0.2, 0) is 14.8 Å². The maximum Gasteiger partial charge on any atom is 0.286 e. The molecule has 3 rings (SSSR count). The minimum absolute atomic E-state index is 0.133. The van der Waals surface area contributed by atoms with Gasteiger partial charge in [-0.05, 0) is 43.0 Å². The number of carbonyl (C=O) groups excluding carboxylic acids is 2. The van der Waals surface area contributed by atoms with E-state index in [1.165, 1.54) is 11.0 Å². The highest BCUT2D eigenvalue weighted by molar-refractivity contribution is 8.13. The van der Waals surface area contributed by atoms with Crippen LogP contribution in [0.25, 0.3) is 0 Å². The molecule has 1 aliphatic rings. The number of aliphatic imine (C=N–C) groups is 1. The highest BCUT2D eigenvalue weighted by Gasteiger charge is 2.31. The van der Waals surface area contributed by atoms with Crippen LogP contribution >= 0.6 is 11.8 Å². The Morgan fingerprint density at radius 3 is 2.48 bits per heavy atom. The molecule has 1 heterocycles. The van der Waals surface area contributed by atoms with Crippen molar-refractivity contribution in [2.24, 2.45) is 4.99 Å². The molecule has 0 unspecified atom stereocenters. The highest BCUT2D eigenvalue weighted by Crippen LogP contribution is 2.29. The third kappa shape index (κ3) is 4.60. The van der Waals surface area contributed by atoms with Crippen LogP contribution in [-0.4, -0.2) is 50.4 Å². The Balaban J connectivity index is 1.80. The molecule has 1 atom stereocenters. The first-order valence-corrected chi connectivity index (χ1v) is 11.0. The Morgan fingerprint density at radius 2 is 1.76 bits per heavy atom. The lowest BCUT2D eigenvalue weighted by atomic mass is 10.2. The molecule has 0 saturated heterocycles. The zero-order valence-corrected chi connectivity index (χ0v) is 17.7. The van der Waals surface area contributed by atoms with E-state index in [1.54, 1.807) is 63.5 Å². The first kappa shape index (κ1) is 20.9. The van der Waals surface area contributed by atoms with Crippen LogP contribution in [0.3, 0.4) is 0 Å². The molecule has 0 aliphatic carbocycles. The van der Waals surface area contributed by atoms with Crippen LogP contribution in [0.5, 0.6) is 0 Å². The van der Waals surface area contributed by atoms with Gasteiger partial charge in [-0.25, -0.2) is 8.42 Å². The van der Waals surface area contributed by atoms with Crippen LogP contribution in [0.2, 0.25) is 0 Å². The normalized spacial score (nSPS) is 16.6. The fourth-order valence-corrected chi connectivity index (χ4v) is 4.55. The van der Waals surface area contributed by atoms with Gasteiger partial charge in [-0.3, -0.25) is 19.3 Å². The second kappa shape index (κ2) is 8.26. The van der Waals surface area contributed by atoms with Crippen molar-refractivity contribution in [3.8, 4) is 0 Å². The van der Waals surface area contributed by atoms with Crippen molar-refractivity contribution in [3.05, 3.63) is 54.1 Å². The Labute approximate surface area is 173 Å². The second-order valence-electron chi connectivity index (χ2n) is 6.50. The van der Waals surface area contributed by atoms with E-state index in [4.69, 9.17) is 0 Å². The van der Waals surface area contributed by atoms with Gasteiger partial charge >= 0.3 is 0 Å². The zero-order valence-electron chi connectivity index (χ0n) is 16.0. The number of amidine groups is 1. The zero-order chi connectivity index (χ0) is 21.2. The number of hydrogen-bond acceptors (Lipinski definition) is 6. The molecule has 152 valence electrons. The van der Waals surface area contributed by atoms with Crippen LogP contribution in [0.15, 0.2) is 63.3 Å². The van der Waals surface area contributed by atoms with Gasteiger partial charge in [0.15, 0.2) is 0 Å². The number of carbonyl (C=O) groups is 2. The number of nitrogens with one attached hydrogen (secondary N) is 2. The lowest BCUT2D eigenvalue weighted by Gasteiger charge is -2.14. The number of hydrogen-bond donors (Lipinski definition) is 2. The molecule has 0 aromatic heterocycles. The van der Waals surface area contributed by atoms with Crippen molar-refractivity contribution in [3.63, 3.8) is 0 Å². The summed E-state index contributed by atoms with van der Waals surface area (Å²) in [6.07, 6.45) is 0. The number of para-hydroxylation sites is 1. The molecule has 8 nitrogen and oxygen atoms in total. The molecule has 2 amide bonds. The van der Waals surface area contributed by atoms with Crippen LogP contribution in [0.1, 0.15) is 12.5 Å². The van der Waals surface area contributed by atoms with E-state index >= 15 is 0 Å². The summed E-state index contributed by atoms with van der Waals surface area (Å²) >= 11 is 1.00. The van der Waals surface area contributed by atoms with Crippen molar-refractivity contribution < 1.29 is 18.0 Å². The van der Waals surface area contributed by atoms with Gasteiger partial charge in [0.1, 0.15) is 11.9 Å². The number of rotatable bonds is 4. The predicted octanol–water partition coefficient (Wildman–Crippen LogP) is 2.53. The average Bonchev–Trinajstić information content (AvgIpc) is 2.93. The van der Waals surface area contributed by atoms with Crippen molar-refractivity contribution in [2.45, 2.75) is 22.8 Å². The standard InChI is InChI=1S/C19H20N4O4S2/c1-12(20-17-13-8-4-7-11-16(13)29(26,27)22-17)18(24)21-14-9-5-6-10-15(14)28-19(25)23(2)3/h4-12H,1-3H3,(H,20,22)(H,21,24)/t12-/m0/s1. The van der Waals surface area contributed by atoms with Crippen LogP contribution in [0.4, 0.5) is 10.5 Å². The molecule has 10 heteroatoms. The lowest BCUT2D eigenvalue weighted by molar-refractivity contribution is -0.117. The number of amides is 2. The number of fused-ring (bicyclic) bond motifs is 1. The summed E-state index contributed by atoms with van der Waals surface area (Å²) < 4.78 is 26.7. The van der Waals surface area contributed by atoms with Gasteiger partial charge in [-0.15, -0.1) is 0 Å². The topological polar surface area (TPSA) is 108 Å². The van der Waals surface area contributed by atoms with E-state index < -0.39 is 22.0 Å². The van der Waals surface area contributed by atoms with Crippen molar-refractivity contribution in [1.29, 1.82) is 0 Å². The summed E-state index contributed by atoms with van der Waals surface area (Å²) in [7, 11) is -0.375. The van der Waals surface area contributed by atoms with E-state index in [2.05, 4.69) is 15.0 Å². The van der Waals surface area contributed by atoms with Crippen molar-refractivity contribution in [1.82, 2.24) is 9.62 Å². The lowest BCUT2D eigenvalue weighted by Crippen LogP contribution is -2.29. The molecule has 2 aromatic carbocycles. The minimum atomic E-state index is -3.67.